The van der Waals surface area contributed by atoms with Crippen LogP contribution in [0.5, 0.6) is 0 Å². The van der Waals surface area contributed by atoms with Gasteiger partial charge in [-0.2, -0.15) is 0 Å². The van der Waals surface area contributed by atoms with Crippen molar-refractivity contribution in [1.29, 1.82) is 0 Å². The molecule has 0 radical (unpaired) electrons. The number of carbonyl (C=O) groups is 3. The summed E-state index contributed by atoms with van der Waals surface area (Å²) >= 11 is 0. The van der Waals surface area contributed by atoms with E-state index in [1.54, 1.807) is 18.2 Å². The van der Waals surface area contributed by atoms with Crippen LogP contribution in [0.25, 0.3) is 0 Å². The minimum absolute atomic E-state index is 0.0629. The van der Waals surface area contributed by atoms with E-state index >= 15 is 0 Å². The van der Waals surface area contributed by atoms with Gasteiger partial charge in [0.2, 0.25) is 11.8 Å². The number of amides is 2. The first-order valence-corrected chi connectivity index (χ1v) is 10.4. The fraction of sp³-hybridized carbons (Fsp3) is 0.591. The average molecular weight is 386 g/mol. The van der Waals surface area contributed by atoms with Gasteiger partial charge in [0.1, 0.15) is 0 Å². The van der Waals surface area contributed by atoms with E-state index in [1.807, 2.05) is 17.9 Å². The second-order valence-electron chi connectivity index (χ2n) is 8.04. The lowest BCUT2D eigenvalue weighted by Gasteiger charge is -2.35. The smallest absolute Gasteiger partial charge is 0.241 e. The molecule has 152 valence electrons. The molecule has 6 heteroatoms. The van der Waals surface area contributed by atoms with Gasteiger partial charge in [-0.1, -0.05) is 12.1 Å². The van der Waals surface area contributed by atoms with Crippen molar-refractivity contribution < 1.29 is 14.4 Å². The number of hydrogen-bond acceptors (Lipinski definition) is 4. The first-order chi connectivity index (χ1) is 13.5. The number of carbonyl (C=O) groups excluding carboxylic acids is 3. The van der Waals surface area contributed by atoms with Crippen molar-refractivity contribution >= 4 is 23.3 Å². The minimum Gasteiger partial charge on any atom is -0.343 e. The number of piperidine rings is 1. The van der Waals surface area contributed by atoms with E-state index in [9.17, 15) is 14.4 Å². The molecule has 2 heterocycles. The number of benzene rings is 1. The Balaban J connectivity index is 1.49. The van der Waals surface area contributed by atoms with Gasteiger partial charge in [0.05, 0.1) is 11.7 Å². The highest BCUT2D eigenvalue weighted by Crippen LogP contribution is 2.24. The van der Waals surface area contributed by atoms with E-state index in [4.69, 9.17) is 0 Å². The van der Waals surface area contributed by atoms with Crippen LogP contribution < -0.4 is 5.32 Å². The molecule has 1 N–H and O–H groups in total. The van der Waals surface area contributed by atoms with Gasteiger partial charge in [0.15, 0.2) is 5.78 Å². The van der Waals surface area contributed by atoms with E-state index in [0.29, 0.717) is 29.5 Å². The summed E-state index contributed by atoms with van der Waals surface area (Å²) < 4.78 is 0. The van der Waals surface area contributed by atoms with E-state index in [2.05, 4.69) is 10.2 Å². The number of ketones is 1. The molecule has 0 spiro atoms. The normalized spacial score (nSPS) is 19.4. The molecule has 0 aromatic heterocycles. The van der Waals surface area contributed by atoms with Crippen molar-refractivity contribution in [2.75, 3.05) is 31.5 Å². The number of anilines is 1. The van der Waals surface area contributed by atoms with Crippen LogP contribution in [0.2, 0.25) is 0 Å². The topological polar surface area (TPSA) is 69.7 Å². The van der Waals surface area contributed by atoms with Crippen molar-refractivity contribution in [1.82, 2.24) is 9.80 Å². The summed E-state index contributed by atoms with van der Waals surface area (Å²) in [6.07, 6.45) is 4.79. The van der Waals surface area contributed by atoms with Crippen LogP contribution in [-0.4, -0.2) is 59.6 Å². The molecule has 2 saturated heterocycles. The molecule has 2 amide bonds. The third-order valence-corrected chi connectivity index (χ3v) is 6.06. The first-order valence-electron chi connectivity index (χ1n) is 10.4. The van der Waals surface area contributed by atoms with Crippen LogP contribution in [0, 0.1) is 5.92 Å². The number of nitrogens with one attached hydrogen (secondary N) is 1. The maximum atomic E-state index is 12.7. The Morgan fingerprint density at radius 1 is 1.07 bits per heavy atom. The third-order valence-electron chi connectivity index (χ3n) is 6.06. The van der Waals surface area contributed by atoms with Gasteiger partial charge in [-0.15, -0.1) is 0 Å². The zero-order chi connectivity index (χ0) is 20.1. The molecule has 0 aliphatic carbocycles. The second-order valence-corrected chi connectivity index (χ2v) is 8.04. The van der Waals surface area contributed by atoms with Gasteiger partial charge in [0, 0.05) is 25.1 Å². The number of hydrogen-bond donors (Lipinski definition) is 1. The molecule has 0 bridgehead atoms. The molecule has 6 nitrogen and oxygen atoms in total. The zero-order valence-corrected chi connectivity index (χ0v) is 16.9. The molecule has 2 aliphatic heterocycles. The fourth-order valence-corrected chi connectivity index (χ4v) is 4.19. The molecule has 2 aliphatic rings. The monoisotopic (exact) mass is 385 g/mol. The Morgan fingerprint density at radius 3 is 2.36 bits per heavy atom. The standard InChI is InChI=1S/C22H31N3O3/c1-16(22(28)23-20-8-4-3-7-19(20)17(2)26)24-13-9-18(10-14-24)15-21(27)25-11-5-6-12-25/h3-4,7-8,16,18H,5-6,9-15H2,1-2H3,(H,23,28). The quantitative estimate of drug-likeness (QED) is 0.765. The Morgan fingerprint density at radius 2 is 1.71 bits per heavy atom. The number of nitrogens with zero attached hydrogens (tertiary/aromatic N) is 2. The molecule has 0 saturated carbocycles. The number of Topliss-reactive ketones (excluding diaryl/α,β-unsaturated/α-hetero) is 1. The number of rotatable bonds is 6. The van der Waals surface area contributed by atoms with E-state index in [-0.39, 0.29) is 17.7 Å². The third kappa shape index (κ3) is 4.98. The molecule has 28 heavy (non-hydrogen) atoms. The van der Waals surface area contributed by atoms with Gasteiger partial charge in [-0.3, -0.25) is 19.3 Å². The molecule has 1 atom stereocenters. The Kier molecular flexibility index (Phi) is 6.83. The largest absolute Gasteiger partial charge is 0.343 e. The van der Waals surface area contributed by atoms with Crippen molar-refractivity contribution in [2.45, 2.75) is 52.0 Å². The van der Waals surface area contributed by atoms with Crippen LogP contribution in [0.3, 0.4) is 0 Å². The van der Waals surface area contributed by atoms with Crippen LogP contribution in [0.15, 0.2) is 24.3 Å². The van der Waals surface area contributed by atoms with E-state index < -0.39 is 0 Å². The molecular formula is C22H31N3O3. The minimum atomic E-state index is -0.268. The van der Waals surface area contributed by atoms with Crippen LogP contribution in [0.4, 0.5) is 5.69 Å². The summed E-state index contributed by atoms with van der Waals surface area (Å²) in [5, 5.41) is 2.91. The summed E-state index contributed by atoms with van der Waals surface area (Å²) in [6, 6.07) is 6.83. The van der Waals surface area contributed by atoms with Gasteiger partial charge in [0.25, 0.3) is 0 Å². The molecule has 2 fully saturated rings. The van der Waals surface area contributed by atoms with Crippen molar-refractivity contribution in [3.63, 3.8) is 0 Å². The lowest BCUT2D eigenvalue weighted by molar-refractivity contribution is -0.132. The summed E-state index contributed by atoms with van der Waals surface area (Å²) in [5.41, 5.74) is 1.10. The van der Waals surface area contributed by atoms with Gasteiger partial charge in [-0.05, 0) is 70.7 Å². The van der Waals surface area contributed by atoms with Crippen molar-refractivity contribution in [3.05, 3.63) is 29.8 Å². The highest BCUT2D eigenvalue weighted by molar-refractivity contribution is 6.04. The Labute approximate surface area is 167 Å². The average Bonchev–Trinajstić information content (AvgIpc) is 3.23. The predicted molar refractivity (Wildman–Crippen MR) is 109 cm³/mol. The molecule has 3 rings (SSSR count). The maximum Gasteiger partial charge on any atom is 0.241 e. The Bertz CT molecular complexity index is 719. The molecule has 1 aromatic carbocycles. The van der Waals surface area contributed by atoms with Crippen LogP contribution in [0.1, 0.15) is 56.3 Å². The second kappa shape index (κ2) is 9.32. The molecule has 1 unspecified atom stereocenters. The van der Waals surface area contributed by atoms with Crippen molar-refractivity contribution in [2.24, 2.45) is 5.92 Å². The van der Waals surface area contributed by atoms with E-state index in [1.165, 1.54) is 6.92 Å². The number of para-hydroxylation sites is 1. The highest BCUT2D eigenvalue weighted by atomic mass is 16.2. The fourth-order valence-electron chi connectivity index (χ4n) is 4.19. The van der Waals surface area contributed by atoms with Gasteiger partial charge >= 0.3 is 0 Å². The van der Waals surface area contributed by atoms with Gasteiger partial charge in [-0.25, -0.2) is 0 Å². The summed E-state index contributed by atoms with van der Waals surface area (Å²) in [7, 11) is 0. The van der Waals surface area contributed by atoms with Crippen LogP contribution >= 0.6 is 0 Å². The lowest BCUT2D eigenvalue weighted by atomic mass is 9.92. The Hall–Kier alpha value is -2.21. The van der Waals surface area contributed by atoms with Gasteiger partial charge < -0.3 is 10.2 Å². The summed E-state index contributed by atoms with van der Waals surface area (Å²) in [4.78, 5) is 41.0. The van der Waals surface area contributed by atoms with Crippen LogP contribution in [-0.2, 0) is 9.59 Å². The lowest BCUT2D eigenvalue weighted by Crippen LogP contribution is -2.46. The SMILES string of the molecule is CC(=O)c1ccccc1NC(=O)C(C)N1CCC(CC(=O)N2CCCC2)CC1. The highest BCUT2D eigenvalue weighted by Gasteiger charge is 2.29. The predicted octanol–water partition coefficient (Wildman–Crippen LogP) is 2.94. The summed E-state index contributed by atoms with van der Waals surface area (Å²) in [5.74, 6) is 0.549. The first kappa shape index (κ1) is 20.5. The molecule has 1 aromatic rings. The van der Waals surface area contributed by atoms with Crippen molar-refractivity contribution in [3.8, 4) is 0 Å². The summed E-state index contributed by atoms with van der Waals surface area (Å²) in [6.45, 7) is 6.87. The maximum absolute atomic E-state index is 12.7. The zero-order valence-electron chi connectivity index (χ0n) is 16.9. The number of likely N-dealkylation sites (tertiary alicyclic amines) is 2. The molecular weight excluding hydrogens is 354 g/mol. The van der Waals surface area contributed by atoms with E-state index in [0.717, 1.165) is 51.9 Å².